The molecule has 0 heterocycles. The summed E-state index contributed by atoms with van der Waals surface area (Å²) >= 11 is 13.7. The number of halogens is 2. The van der Waals surface area contributed by atoms with E-state index >= 15 is 0 Å². The summed E-state index contributed by atoms with van der Waals surface area (Å²) in [6.45, 7) is 11.4. The van der Waals surface area contributed by atoms with Crippen molar-refractivity contribution in [1.29, 1.82) is 5.26 Å². The van der Waals surface area contributed by atoms with Crippen molar-refractivity contribution >= 4 is 40.8 Å². The minimum Gasteiger partial charge on any atom is -0.493 e. The van der Waals surface area contributed by atoms with Crippen LogP contribution in [0.1, 0.15) is 96.7 Å². The molecule has 0 fully saturated rings. The number of aliphatic hydroxyl groups excluding tert-OH is 2. The van der Waals surface area contributed by atoms with Gasteiger partial charge in [-0.1, -0.05) is 59.6 Å². The van der Waals surface area contributed by atoms with Crippen molar-refractivity contribution in [2.45, 2.75) is 90.2 Å². The second-order valence-corrected chi connectivity index (χ2v) is 18.1. The third-order valence-corrected chi connectivity index (χ3v) is 13.3. The Morgan fingerprint density at radius 2 is 1.39 bits per heavy atom. The highest BCUT2D eigenvalue weighted by Gasteiger charge is 2.35. The monoisotopic (exact) mass is 947 g/mol. The van der Waals surface area contributed by atoms with Crippen LogP contribution in [0.2, 0.25) is 10.0 Å². The Balaban J connectivity index is 1.13. The van der Waals surface area contributed by atoms with Crippen molar-refractivity contribution < 1.29 is 49.0 Å². The Labute approximate surface area is 399 Å². The molecule has 5 aromatic carbocycles. The Morgan fingerprint density at radius 3 is 1.90 bits per heavy atom. The molecule has 0 radical (unpaired) electrons. The van der Waals surface area contributed by atoms with E-state index in [4.69, 9.17) is 48.7 Å². The zero-order valence-corrected chi connectivity index (χ0v) is 38.8. The van der Waals surface area contributed by atoms with Gasteiger partial charge in [0.25, 0.3) is 0 Å². The van der Waals surface area contributed by atoms with Crippen molar-refractivity contribution in [3.05, 3.63) is 145 Å². The summed E-state index contributed by atoms with van der Waals surface area (Å²) in [5.74, 6) is -0.614. The summed E-state index contributed by atoms with van der Waals surface area (Å²) < 4.78 is 25.6. The van der Waals surface area contributed by atoms with Crippen LogP contribution in [0.4, 0.5) is 5.69 Å². The van der Waals surface area contributed by atoms with E-state index in [1.54, 1.807) is 36.4 Å². The smallest absolute Gasteiger partial charge is 0.326 e. The minimum absolute atomic E-state index is 0.0132. The molecular formula is C52H51Cl2N3O10. The quantitative estimate of drug-likeness (QED) is 0.0465. The van der Waals surface area contributed by atoms with E-state index in [1.165, 1.54) is 25.5 Å². The summed E-state index contributed by atoms with van der Waals surface area (Å²) in [6.07, 6.45) is 2.78. The average Bonchev–Trinajstić information content (AvgIpc) is 3.94. The molecule has 0 aromatic heterocycles. The lowest BCUT2D eigenvalue weighted by atomic mass is 9.85. The van der Waals surface area contributed by atoms with E-state index in [0.29, 0.717) is 64.2 Å². The number of hydrogen-bond donors (Lipinski definition) is 5. The number of ether oxygens (including phenoxy) is 4. The molecule has 348 valence electrons. The van der Waals surface area contributed by atoms with Crippen molar-refractivity contribution in [3.8, 4) is 40.2 Å². The van der Waals surface area contributed by atoms with Crippen LogP contribution in [0.5, 0.6) is 23.0 Å². The van der Waals surface area contributed by atoms with Gasteiger partial charge in [-0.3, -0.25) is 14.9 Å². The highest BCUT2D eigenvalue weighted by Crippen LogP contribution is 2.47. The maximum absolute atomic E-state index is 12.0. The van der Waals surface area contributed by atoms with Gasteiger partial charge in [0, 0.05) is 29.8 Å². The van der Waals surface area contributed by atoms with Crippen LogP contribution in [-0.4, -0.2) is 57.7 Å². The predicted octanol–water partition coefficient (Wildman–Crippen LogP) is 10.1. The number of hydrogen-bond acceptors (Lipinski definition) is 10. The lowest BCUT2D eigenvalue weighted by Gasteiger charge is -2.25. The number of carboxylic acids is 2. The number of fused-ring (bicyclic) bond motifs is 2. The summed E-state index contributed by atoms with van der Waals surface area (Å²) in [7, 11) is 0. The Kier molecular flexibility index (Phi) is 15.0. The zero-order chi connectivity index (χ0) is 48.0. The maximum Gasteiger partial charge on any atom is 0.326 e. The van der Waals surface area contributed by atoms with Gasteiger partial charge in [0.2, 0.25) is 0 Å². The summed E-state index contributed by atoms with van der Waals surface area (Å²) in [4.78, 5) is 27.3. The highest BCUT2D eigenvalue weighted by molar-refractivity contribution is 6.32. The second-order valence-electron chi connectivity index (χ2n) is 17.3. The molecule has 0 bridgehead atoms. The van der Waals surface area contributed by atoms with E-state index in [2.05, 4.69) is 40.5 Å². The fourth-order valence-corrected chi connectivity index (χ4v) is 9.04. The Bertz CT molecular complexity index is 2750. The fourth-order valence-electron chi connectivity index (χ4n) is 8.58. The Hall–Kier alpha value is -6.32. The number of benzene rings is 5. The second kappa shape index (κ2) is 20.7. The normalized spacial score (nSPS) is 16.7. The topological polar surface area (TPSA) is 192 Å². The lowest BCUT2D eigenvalue weighted by molar-refractivity contribution is -0.150. The van der Waals surface area contributed by atoms with Crippen molar-refractivity contribution in [3.63, 3.8) is 0 Å². The van der Waals surface area contributed by atoms with Gasteiger partial charge < -0.3 is 39.4 Å². The molecular weight excluding hydrogens is 897 g/mol. The van der Waals surface area contributed by atoms with Gasteiger partial charge in [0.15, 0.2) is 5.69 Å². The molecule has 7 rings (SSSR count). The van der Waals surface area contributed by atoms with Crippen molar-refractivity contribution in [1.82, 2.24) is 5.32 Å². The van der Waals surface area contributed by atoms with E-state index in [1.807, 2.05) is 19.1 Å². The SMILES string of the molecule is [C-]#[N+]c1cc(C#N)cc(COc2cc(O[C@H]3CCc4c(-c5cccc6c5CC[C@@H]6Oc5cc(OCC)c(CC[C@@](C)(CO)C(=O)O)cc5Cl)cccc43)c(Cl)cc2CN[C@@](C)(CO)C(=O)O)c1. The first-order valence-electron chi connectivity index (χ1n) is 22.0. The molecule has 0 aliphatic heterocycles. The first-order valence-corrected chi connectivity index (χ1v) is 22.7. The number of aliphatic hydroxyl groups is 2. The fraction of sp³-hybridized carbons (Fsp3) is 0.346. The molecule has 2 aliphatic carbocycles. The number of nitrogens with one attached hydrogen (secondary N) is 1. The van der Waals surface area contributed by atoms with E-state index in [0.717, 1.165) is 52.6 Å². The number of carbonyl (C=O) groups is 2. The molecule has 15 heteroatoms. The van der Waals surface area contributed by atoms with Gasteiger partial charge in [-0.25, -0.2) is 4.85 Å². The van der Waals surface area contributed by atoms with E-state index in [9.17, 15) is 35.3 Å². The van der Waals surface area contributed by atoms with Crippen LogP contribution in [-0.2, 0) is 42.0 Å². The molecule has 67 heavy (non-hydrogen) atoms. The number of rotatable bonds is 20. The number of nitriles is 1. The van der Waals surface area contributed by atoms with Crippen molar-refractivity contribution in [2.24, 2.45) is 5.41 Å². The third kappa shape index (κ3) is 10.5. The molecule has 13 nitrogen and oxygen atoms in total. The summed E-state index contributed by atoms with van der Waals surface area (Å²) in [6, 6.07) is 26.1. The largest absolute Gasteiger partial charge is 0.493 e. The Morgan fingerprint density at radius 1 is 0.806 bits per heavy atom. The predicted molar refractivity (Wildman–Crippen MR) is 252 cm³/mol. The van der Waals surface area contributed by atoms with Gasteiger partial charge in [0.05, 0.1) is 47.9 Å². The molecule has 4 atom stereocenters. The minimum atomic E-state index is -1.64. The molecule has 0 unspecified atom stereocenters. The van der Waals surface area contributed by atoms with Crippen molar-refractivity contribution in [2.75, 3.05) is 19.8 Å². The standard InChI is InChI=1S/C52H51Cl2N3O10/c1-5-64-45-23-47(41(53)21-32(45)16-17-51(2,28-58)49(60)61)66-43-14-12-37-35(8-6-10-39(37)43)36-9-7-11-40-38(36)13-15-44(40)67-48-24-46(65-27-31-18-30(25-55)19-34(20-31)56-4)33(22-42(48)54)26-57-52(3,29-59)50(62)63/h6-11,18-24,43-44,57-59H,5,12-17,26-29H2,1-3H3,(H,60,61)(H,62,63)/t43-,44-,51-,52-/m0/s1. The molecule has 0 amide bonds. The van der Waals surface area contributed by atoms with E-state index < -0.39 is 36.1 Å². The summed E-state index contributed by atoms with van der Waals surface area (Å²) in [5, 5.41) is 52.2. The molecule has 2 aliphatic rings. The number of aliphatic carboxylic acids is 2. The highest BCUT2D eigenvalue weighted by atomic mass is 35.5. The molecule has 0 saturated heterocycles. The van der Waals surface area contributed by atoms with Crippen LogP contribution < -0.4 is 24.3 Å². The van der Waals surface area contributed by atoms with E-state index in [-0.39, 0.29) is 42.5 Å². The zero-order valence-electron chi connectivity index (χ0n) is 37.3. The van der Waals surface area contributed by atoms with Crippen LogP contribution in [0.3, 0.4) is 0 Å². The van der Waals surface area contributed by atoms with Gasteiger partial charge in [-0.05, 0) is 134 Å². The van der Waals surface area contributed by atoms with Gasteiger partial charge in [-0.15, -0.1) is 0 Å². The van der Waals surface area contributed by atoms with Crippen LogP contribution >= 0.6 is 23.2 Å². The van der Waals surface area contributed by atoms with Crippen LogP contribution in [0, 0.1) is 23.3 Å². The molecule has 5 N–H and O–H groups in total. The van der Waals surface area contributed by atoms with Crippen LogP contribution in [0.15, 0.2) is 78.9 Å². The molecule has 5 aromatic rings. The summed E-state index contributed by atoms with van der Waals surface area (Å²) in [5.41, 5.74) is 6.08. The molecule has 0 saturated carbocycles. The number of carboxylic acid groups (broad SMARTS) is 2. The first-order chi connectivity index (χ1) is 32.1. The maximum atomic E-state index is 12.0. The number of nitrogens with zero attached hydrogens (tertiary/aromatic N) is 2. The average molecular weight is 949 g/mol. The van der Waals surface area contributed by atoms with Gasteiger partial charge in [-0.2, -0.15) is 5.26 Å². The number of aryl methyl sites for hydroxylation is 1. The molecule has 0 spiro atoms. The lowest BCUT2D eigenvalue weighted by Crippen LogP contribution is -2.52. The third-order valence-electron chi connectivity index (χ3n) is 12.7. The van der Waals surface area contributed by atoms with Crippen LogP contribution in [0.25, 0.3) is 16.0 Å². The van der Waals surface area contributed by atoms with Gasteiger partial charge in [0.1, 0.15) is 47.4 Å². The van der Waals surface area contributed by atoms with Gasteiger partial charge >= 0.3 is 11.9 Å². The first kappa shape index (κ1) is 48.6.